The van der Waals surface area contributed by atoms with Crippen molar-refractivity contribution < 1.29 is 27.5 Å². The standard InChI is InChI=1S/C22H23F3N2O3/c23-22(24,25)15-7-6-10-17(13-15)26-20(28)14-30-19-12-5-4-11-18(19)21(29)27-16-8-2-1-3-9-16/h4-7,10-13,16H,1-3,8-9,14H2,(H,26,28)(H,27,29). The summed E-state index contributed by atoms with van der Waals surface area (Å²) < 4.78 is 43.8. The summed E-state index contributed by atoms with van der Waals surface area (Å²) >= 11 is 0. The van der Waals surface area contributed by atoms with E-state index in [1.54, 1.807) is 24.3 Å². The highest BCUT2D eigenvalue weighted by molar-refractivity contribution is 5.97. The number of rotatable bonds is 6. The second kappa shape index (κ2) is 9.65. The third-order valence-electron chi connectivity index (χ3n) is 4.90. The van der Waals surface area contributed by atoms with Crippen LogP contribution in [0.15, 0.2) is 48.5 Å². The molecule has 0 bridgehead atoms. The van der Waals surface area contributed by atoms with E-state index in [1.807, 2.05) is 0 Å². The van der Waals surface area contributed by atoms with Crippen LogP contribution in [0.25, 0.3) is 0 Å². The van der Waals surface area contributed by atoms with E-state index in [0.717, 1.165) is 37.8 Å². The minimum Gasteiger partial charge on any atom is -0.483 e. The van der Waals surface area contributed by atoms with Crippen LogP contribution in [0.2, 0.25) is 0 Å². The van der Waals surface area contributed by atoms with Crippen molar-refractivity contribution in [2.75, 3.05) is 11.9 Å². The fourth-order valence-electron chi connectivity index (χ4n) is 3.40. The molecule has 8 heteroatoms. The monoisotopic (exact) mass is 420 g/mol. The van der Waals surface area contributed by atoms with E-state index in [4.69, 9.17) is 4.74 Å². The molecule has 0 radical (unpaired) electrons. The second-order valence-corrected chi connectivity index (χ2v) is 7.22. The van der Waals surface area contributed by atoms with Gasteiger partial charge in [0, 0.05) is 11.7 Å². The molecule has 2 amide bonds. The molecule has 0 atom stereocenters. The Hall–Kier alpha value is -3.03. The molecule has 1 fully saturated rings. The van der Waals surface area contributed by atoms with Gasteiger partial charge in [-0.25, -0.2) is 0 Å². The van der Waals surface area contributed by atoms with Crippen LogP contribution in [0.5, 0.6) is 5.75 Å². The van der Waals surface area contributed by atoms with Crippen LogP contribution in [0.3, 0.4) is 0 Å². The summed E-state index contributed by atoms with van der Waals surface area (Å²) in [5.41, 5.74) is -0.525. The number of carbonyl (C=O) groups excluding carboxylic acids is 2. The Morgan fingerprint density at radius 1 is 1.00 bits per heavy atom. The molecule has 1 aliphatic carbocycles. The van der Waals surface area contributed by atoms with Crippen molar-refractivity contribution in [2.45, 2.75) is 44.3 Å². The van der Waals surface area contributed by atoms with Gasteiger partial charge in [0.05, 0.1) is 11.1 Å². The van der Waals surface area contributed by atoms with E-state index < -0.39 is 24.3 Å². The van der Waals surface area contributed by atoms with Gasteiger partial charge in [-0.1, -0.05) is 37.5 Å². The first-order chi connectivity index (χ1) is 14.3. The van der Waals surface area contributed by atoms with E-state index in [9.17, 15) is 22.8 Å². The average Bonchev–Trinajstić information content (AvgIpc) is 2.73. The zero-order valence-electron chi connectivity index (χ0n) is 16.3. The van der Waals surface area contributed by atoms with Crippen molar-refractivity contribution in [3.05, 3.63) is 59.7 Å². The van der Waals surface area contributed by atoms with E-state index in [0.29, 0.717) is 5.56 Å². The van der Waals surface area contributed by atoms with E-state index >= 15 is 0 Å². The SMILES string of the molecule is O=C(COc1ccccc1C(=O)NC1CCCCC1)Nc1cccc(C(F)(F)F)c1. The molecule has 160 valence electrons. The van der Waals surface area contributed by atoms with Gasteiger partial charge in [0.25, 0.3) is 11.8 Å². The first-order valence-corrected chi connectivity index (χ1v) is 9.83. The molecular formula is C22H23F3N2O3. The van der Waals surface area contributed by atoms with Crippen LogP contribution in [0.4, 0.5) is 18.9 Å². The van der Waals surface area contributed by atoms with Gasteiger partial charge < -0.3 is 15.4 Å². The summed E-state index contributed by atoms with van der Waals surface area (Å²) in [5, 5.41) is 5.37. The minimum atomic E-state index is -4.50. The van der Waals surface area contributed by atoms with Gasteiger partial charge in [-0.05, 0) is 43.2 Å². The molecule has 2 aromatic carbocycles. The highest BCUT2D eigenvalue weighted by atomic mass is 19.4. The summed E-state index contributed by atoms with van der Waals surface area (Å²) in [6.07, 6.45) is 0.717. The topological polar surface area (TPSA) is 67.4 Å². The Morgan fingerprint density at radius 2 is 1.73 bits per heavy atom. The number of para-hydroxylation sites is 1. The van der Waals surface area contributed by atoms with Gasteiger partial charge >= 0.3 is 6.18 Å². The zero-order chi connectivity index (χ0) is 21.6. The molecule has 0 saturated heterocycles. The maximum absolute atomic E-state index is 12.8. The number of halogens is 3. The van der Waals surface area contributed by atoms with Crippen LogP contribution in [-0.4, -0.2) is 24.5 Å². The predicted octanol–water partition coefficient (Wildman–Crippen LogP) is 4.79. The Bertz CT molecular complexity index is 893. The fourth-order valence-corrected chi connectivity index (χ4v) is 3.40. The Balaban J connectivity index is 1.59. The van der Waals surface area contributed by atoms with Crippen molar-refractivity contribution in [3.8, 4) is 5.75 Å². The zero-order valence-corrected chi connectivity index (χ0v) is 16.3. The molecule has 0 aliphatic heterocycles. The lowest BCUT2D eigenvalue weighted by Crippen LogP contribution is -2.36. The maximum Gasteiger partial charge on any atom is 0.416 e. The molecule has 2 N–H and O–H groups in total. The first kappa shape index (κ1) is 21.7. The van der Waals surface area contributed by atoms with Crippen LogP contribution in [0.1, 0.15) is 48.0 Å². The summed E-state index contributed by atoms with van der Waals surface area (Å²) in [6.45, 7) is -0.441. The highest BCUT2D eigenvalue weighted by Gasteiger charge is 2.30. The molecule has 3 rings (SSSR count). The molecule has 1 saturated carbocycles. The summed E-state index contributed by atoms with van der Waals surface area (Å²) in [4.78, 5) is 24.7. The van der Waals surface area contributed by atoms with Gasteiger partial charge in [-0.3, -0.25) is 9.59 Å². The minimum absolute atomic E-state index is 0.0155. The Kier molecular flexibility index (Phi) is 6.97. The van der Waals surface area contributed by atoms with Crippen LogP contribution >= 0.6 is 0 Å². The normalized spacial score (nSPS) is 14.8. The lowest BCUT2D eigenvalue weighted by molar-refractivity contribution is -0.137. The molecule has 0 spiro atoms. The number of anilines is 1. The van der Waals surface area contributed by atoms with Gasteiger partial charge in [0.2, 0.25) is 0 Å². The molecule has 2 aromatic rings. The van der Waals surface area contributed by atoms with E-state index in [-0.39, 0.29) is 23.4 Å². The lowest BCUT2D eigenvalue weighted by Gasteiger charge is -2.23. The third-order valence-corrected chi connectivity index (χ3v) is 4.90. The number of amides is 2. The number of carbonyl (C=O) groups is 2. The van der Waals surface area contributed by atoms with E-state index in [2.05, 4.69) is 10.6 Å². The molecule has 5 nitrogen and oxygen atoms in total. The first-order valence-electron chi connectivity index (χ1n) is 9.83. The fraction of sp³-hybridized carbons (Fsp3) is 0.364. The largest absolute Gasteiger partial charge is 0.483 e. The van der Waals surface area contributed by atoms with Gasteiger partial charge in [-0.15, -0.1) is 0 Å². The molecular weight excluding hydrogens is 397 g/mol. The number of hydrogen-bond donors (Lipinski definition) is 2. The number of benzene rings is 2. The summed E-state index contributed by atoms with van der Waals surface area (Å²) in [5.74, 6) is -0.655. The van der Waals surface area contributed by atoms with Crippen molar-refractivity contribution >= 4 is 17.5 Å². The van der Waals surface area contributed by atoms with Gasteiger partial charge in [-0.2, -0.15) is 13.2 Å². The van der Waals surface area contributed by atoms with Crippen LogP contribution < -0.4 is 15.4 Å². The Labute approximate surface area is 172 Å². The summed E-state index contributed by atoms with van der Waals surface area (Å²) in [7, 11) is 0. The highest BCUT2D eigenvalue weighted by Crippen LogP contribution is 2.30. The lowest BCUT2D eigenvalue weighted by atomic mass is 9.95. The smallest absolute Gasteiger partial charge is 0.416 e. The number of nitrogens with one attached hydrogen (secondary N) is 2. The molecule has 1 aliphatic rings. The average molecular weight is 420 g/mol. The Morgan fingerprint density at radius 3 is 2.47 bits per heavy atom. The van der Waals surface area contributed by atoms with Gasteiger partial charge in [0.1, 0.15) is 5.75 Å². The van der Waals surface area contributed by atoms with E-state index in [1.165, 1.54) is 18.6 Å². The molecule has 0 heterocycles. The van der Waals surface area contributed by atoms with Crippen molar-refractivity contribution in [1.29, 1.82) is 0 Å². The maximum atomic E-state index is 12.8. The second-order valence-electron chi connectivity index (χ2n) is 7.22. The van der Waals surface area contributed by atoms with Crippen LogP contribution in [-0.2, 0) is 11.0 Å². The van der Waals surface area contributed by atoms with Crippen molar-refractivity contribution in [1.82, 2.24) is 5.32 Å². The van der Waals surface area contributed by atoms with Gasteiger partial charge in [0.15, 0.2) is 6.61 Å². The molecule has 30 heavy (non-hydrogen) atoms. The summed E-state index contributed by atoms with van der Waals surface area (Å²) in [6, 6.07) is 11.0. The quantitative estimate of drug-likeness (QED) is 0.707. The number of ether oxygens (including phenoxy) is 1. The van der Waals surface area contributed by atoms with Crippen molar-refractivity contribution in [2.24, 2.45) is 0 Å². The predicted molar refractivity (Wildman–Crippen MR) is 106 cm³/mol. The van der Waals surface area contributed by atoms with Crippen LogP contribution in [0, 0.1) is 0 Å². The number of hydrogen-bond acceptors (Lipinski definition) is 3. The third kappa shape index (κ3) is 5.98. The molecule has 0 aromatic heterocycles. The van der Waals surface area contributed by atoms with Crippen molar-refractivity contribution in [3.63, 3.8) is 0 Å². The number of alkyl halides is 3. The molecule has 0 unspecified atom stereocenters.